The van der Waals surface area contributed by atoms with Gasteiger partial charge in [-0.15, -0.1) is 0 Å². The van der Waals surface area contributed by atoms with Gasteiger partial charge in [-0.05, 0) is 48.7 Å². The highest BCUT2D eigenvalue weighted by Crippen LogP contribution is 2.23. The SMILES string of the molecule is Nc1ccccc1NC(=O)/C=C/c1ccc(C(CCCN2CCOCC2)C(=O)O)cc1. The van der Waals surface area contributed by atoms with E-state index in [4.69, 9.17) is 10.5 Å². The van der Waals surface area contributed by atoms with E-state index in [1.165, 1.54) is 6.08 Å². The van der Waals surface area contributed by atoms with E-state index >= 15 is 0 Å². The molecule has 1 saturated heterocycles. The van der Waals surface area contributed by atoms with Gasteiger partial charge in [0, 0.05) is 19.2 Å². The van der Waals surface area contributed by atoms with E-state index in [1.807, 2.05) is 24.3 Å². The van der Waals surface area contributed by atoms with Crippen LogP contribution in [0.5, 0.6) is 0 Å². The molecule has 0 aromatic heterocycles. The number of rotatable bonds is 9. The number of nitrogens with two attached hydrogens (primary N) is 1. The molecular weight excluding hydrogens is 394 g/mol. The predicted octanol–water partition coefficient (Wildman–Crippen LogP) is 3.20. The van der Waals surface area contributed by atoms with Gasteiger partial charge in [0.05, 0.1) is 30.5 Å². The Kier molecular flexibility index (Phi) is 8.20. The molecule has 3 rings (SSSR count). The highest BCUT2D eigenvalue weighted by molar-refractivity contribution is 6.03. The molecule has 0 aliphatic carbocycles. The molecule has 7 heteroatoms. The van der Waals surface area contributed by atoms with Crippen LogP contribution in [0, 0.1) is 0 Å². The summed E-state index contributed by atoms with van der Waals surface area (Å²) in [7, 11) is 0. The van der Waals surface area contributed by atoms with Crippen LogP contribution in [0.2, 0.25) is 0 Å². The monoisotopic (exact) mass is 423 g/mol. The molecule has 1 heterocycles. The van der Waals surface area contributed by atoms with Gasteiger partial charge in [-0.3, -0.25) is 14.5 Å². The summed E-state index contributed by atoms with van der Waals surface area (Å²) < 4.78 is 5.34. The van der Waals surface area contributed by atoms with Crippen LogP contribution in [0.4, 0.5) is 11.4 Å². The van der Waals surface area contributed by atoms with Crippen LogP contribution in [-0.4, -0.2) is 54.7 Å². The second kappa shape index (κ2) is 11.3. The van der Waals surface area contributed by atoms with E-state index in [0.717, 1.165) is 50.4 Å². The van der Waals surface area contributed by atoms with Gasteiger partial charge in [-0.1, -0.05) is 36.4 Å². The molecule has 1 unspecified atom stereocenters. The van der Waals surface area contributed by atoms with Crippen molar-refractivity contribution in [3.05, 3.63) is 65.7 Å². The number of carboxylic acids is 1. The van der Waals surface area contributed by atoms with E-state index in [9.17, 15) is 14.7 Å². The Morgan fingerprint density at radius 1 is 1.13 bits per heavy atom. The van der Waals surface area contributed by atoms with Gasteiger partial charge < -0.3 is 20.9 Å². The normalized spacial score (nSPS) is 15.6. The number of para-hydroxylation sites is 2. The van der Waals surface area contributed by atoms with Crippen LogP contribution in [0.1, 0.15) is 29.9 Å². The number of morpholine rings is 1. The summed E-state index contributed by atoms with van der Waals surface area (Å²) in [5.41, 5.74) is 8.48. The first-order valence-electron chi connectivity index (χ1n) is 10.5. The largest absolute Gasteiger partial charge is 0.481 e. The third-order valence-electron chi connectivity index (χ3n) is 5.35. The molecule has 2 aromatic rings. The number of benzene rings is 2. The summed E-state index contributed by atoms with van der Waals surface area (Å²) >= 11 is 0. The first-order chi connectivity index (χ1) is 15.0. The van der Waals surface area contributed by atoms with Gasteiger partial charge in [0.2, 0.25) is 5.91 Å². The molecule has 31 heavy (non-hydrogen) atoms. The van der Waals surface area contributed by atoms with Gasteiger partial charge in [-0.2, -0.15) is 0 Å². The fourth-order valence-electron chi connectivity index (χ4n) is 3.57. The number of amides is 1. The molecule has 4 N–H and O–H groups in total. The van der Waals surface area contributed by atoms with Crippen LogP contribution in [0.25, 0.3) is 6.08 Å². The second-order valence-corrected chi connectivity index (χ2v) is 7.56. The number of hydrogen-bond donors (Lipinski definition) is 3. The Hall–Kier alpha value is -3.16. The van der Waals surface area contributed by atoms with Crippen molar-refractivity contribution in [2.75, 3.05) is 43.9 Å². The maximum Gasteiger partial charge on any atom is 0.310 e. The molecule has 1 fully saturated rings. The van der Waals surface area contributed by atoms with Gasteiger partial charge >= 0.3 is 5.97 Å². The summed E-state index contributed by atoms with van der Waals surface area (Å²) in [4.78, 5) is 26.2. The molecule has 1 aliphatic rings. The minimum Gasteiger partial charge on any atom is -0.481 e. The van der Waals surface area contributed by atoms with E-state index in [-0.39, 0.29) is 5.91 Å². The van der Waals surface area contributed by atoms with E-state index in [0.29, 0.717) is 17.8 Å². The minimum atomic E-state index is -0.815. The molecular formula is C24H29N3O4. The number of aliphatic carboxylic acids is 1. The number of nitrogens with one attached hydrogen (secondary N) is 1. The number of nitrogen functional groups attached to an aromatic ring is 1. The smallest absolute Gasteiger partial charge is 0.310 e. The van der Waals surface area contributed by atoms with Crippen LogP contribution in [-0.2, 0) is 14.3 Å². The summed E-state index contributed by atoms with van der Waals surface area (Å²) in [6.07, 6.45) is 4.52. The lowest BCUT2D eigenvalue weighted by atomic mass is 9.93. The lowest BCUT2D eigenvalue weighted by Crippen LogP contribution is -2.37. The fraction of sp³-hybridized carbons (Fsp3) is 0.333. The first kappa shape index (κ1) is 22.5. The zero-order chi connectivity index (χ0) is 22.1. The van der Waals surface area contributed by atoms with Gasteiger partial charge in [-0.25, -0.2) is 0 Å². The fourth-order valence-corrected chi connectivity index (χ4v) is 3.57. The van der Waals surface area contributed by atoms with Crippen molar-refractivity contribution in [3.8, 4) is 0 Å². The lowest BCUT2D eigenvalue weighted by Gasteiger charge is -2.26. The van der Waals surface area contributed by atoms with E-state index < -0.39 is 11.9 Å². The Morgan fingerprint density at radius 3 is 2.52 bits per heavy atom. The quantitative estimate of drug-likeness (QED) is 0.423. The molecule has 0 radical (unpaired) electrons. The minimum absolute atomic E-state index is 0.284. The van der Waals surface area contributed by atoms with Crippen molar-refractivity contribution in [2.24, 2.45) is 0 Å². The number of carbonyl (C=O) groups is 2. The van der Waals surface area contributed by atoms with Crippen molar-refractivity contribution < 1.29 is 19.4 Å². The van der Waals surface area contributed by atoms with Crippen molar-refractivity contribution in [3.63, 3.8) is 0 Å². The molecule has 1 amide bonds. The average molecular weight is 424 g/mol. The van der Waals surface area contributed by atoms with Crippen molar-refractivity contribution >= 4 is 29.3 Å². The molecule has 0 spiro atoms. The summed E-state index contributed by atoms with van der Waals surface area (Å²) in [5.74, 6) is -1.64. The number of anilines is 2. The third kappa shape index (κ3) is 6.94. The van der Waals surface area contributed by atoms with Crippen LogP contribution < -0.4 is 11.1 Å². The molecule has 2 aromatic carbocycles. The van der Waals surface area contributed by atoms with Gasteiger partial charge in [0.25, 0.3) is 0 Å². The number of hydrogen-bond acceptors (Lipinski definition) is 5. The van der Waals surface area contributed by atoms with Gasteiger partial charge in [0.15, 0.2) is 0 Å². The zero-order valence-corrected chi connectivity index (χ0v) is 17.5. The number of ether oxygens (including phenoxy) is 1. The van der Waals surface area contributed by atoms with E-state index in [1.54, 1.807) is 30.3 Å². The summed E-state index contributed by atoms with van der Waals surface area (Å²) in [5, 5.41) is 12.4. The van der Waals surface area contributed by atoms with Crippen molar-refractivity contribution in [2.45, 2.75) is 18.8 Å². The molecule has 164 valence electrons. The third-order valence-corrected chi connectivity index (χ3v) is 5.35. The maximum atomic E-state index is 12.1. The first-order valence-corrected chi connectivity index (χ1v) is 10.5. The number of carbonyl (C=O) groups excluding carboxylic acids is 1. The summed E-state index contributed by atoms with van der Waals surface area (Å²) in [6.45, 7) is 4.18. The predicted molar refractivity (Wildman–Crippen MR) is 122 cm³/mol. The standard InChI is InChI=1S/C24H29N3O4/c25-21-5-1-2-6-22(21)26-23(28)12-9-18-7-10-19(11-8-18)20(24(29)30)4-3-13-27-14-16-31-17-15-27/h1-2,5-12,20H,3-4,13-17,25H2,(H,26,28)(H,29,30)/b12-9+. The van der Waals surface area contributed by atoms with Crippen molar-refractivity contribution in [1.29, 1.82) is 0 Å². The lowest BCUT2D eigenvalue weighted by molar-refractivity contribution is -0.139. The topological polar surface area (TPSA) is 105 Å². The van der Waals surface area contributed by atoms with Crippen LogP contribution >= 0.6 is 0 Å². The zero-order valence-electron chi connectivity index (χ0n) is 17.5. The molecule has 1 aliphatic heterocycles. The van der Waals surface area contributed by atoms with Crippen LogP contribution in [0.3, 0.4) is 0 Å². The van der Waals surface area contributed by atoms with Crippen LogP contribution in [0.15, 0.2) is 54.6 Å². The molecule has 0 saturated carbocycles. The Bertz CT molecular complexity index is 905. The molecule has 7 nitrogen and oxygen atoms in total. The highest BCUT2D eigenvalue weighted by Gasteiger charge is 2.20. The maximum absolute atomic E-state index is 12.1. The Labute approximate surface area is 182 Å². The summed E-state index contributed by atoms with van der Waals surface area (Å²) in [6, 6.07) is 14.4. The van der Waals surface area contributed by atoms with E-state index in [2.05, 4.69) is 10.2 Å². The molecule has 0 bridgehead atoms. The number of carboxylic acid groups (broad SMARTS) is 1. The Morgan fingerprint density at radius 2 is 1.84 bits per heavy atom. The second-order valence-electron chi connectivity index (χ2n) is 7.56. The van der Waals surface area contributed by atoms with Gasteiger partial charge in [0.1, 0.15) is 0 Å². The number of nitrogens with zero attached hydrogens (tertiary/aromatic N) is 1. The van der Waals surface area contributed by atoms with Crippen molar-refractivity contribution in [1.82, 2.24) is 4.90 Å². The Balaban J connectivity index is 1.54. The molecule has 1 atom stereocenters. The highest BCUT2D eigenvalue weighted by atomic mass is 16.5. The average Bonchev–Trinajstić information content (AvgIpc) is 2.78.